The van der Waals surface area contributed by atoms with Gasteiger partial charge in [-0.1, -0.05) is 43.6 Å². The quantitative estimate of drug-likeness (QED) is 0.848. The van der Waals surface area contributed by atoms with Crippen LogP contribution in [0, 0.1) is 11.8 Å². The Kier molecular flexibility index (Phi) is 5.06. The van der Waals surface area contributed by atoms with Crippen molar-refractivity contribution in [3.63, 3.8) is 0 Å². The van der Waals surface area contributed by atoms with Crippen LogP contribution >= 0.6 is 11.6 Å². The number of carbonyl (C=O) groups is 1. The van der Waals surface area contributed by atoms with E-state index in [4.69, 9.17) is 11.6 Å². The second-order valence-electron chi connectivity index (χ2n) is 5.86. The summed E-state index contributed by atoms with van der Waals surface area (Å²) in [6.45, 7) is 4.48. The summed E-state index contributed by atoms with van der Waals surface area (Å²) in [7, 11) is 0. The number of rotatable bonds is 6. The van der Waals surface area contributed by atoms with Gasteiger partial charge in [-0.25, -0.2) is 0 Å². The Balaban J connectivity index is 1.78. The minimum atomic E-state index is -0.353. The van der Waals surface area contributed by atoms with Crippen molar-refractivity contribution in [2.24, 2.45) is 11.8 Å². The summed E-state index contributed by atoms with van der Waals surface area (Å²) in [6, 6.07) is 7.70. The first-order valence-corrected chi connectivity index (χ1v) is 7.58. The molecule has 2 rings (SSSR count). The van der Waals surface area contributed by atoms with Crippen LogP contribution in [0.1, 0.15) is 38.2 Å². The molecule has 0 aromatic heterocycles. The van der Waals surface area contributed by atoms with Gasteiger partial charge in [0.2, 0.25) is 5.91 Å². The highest BCUT2D eigenvalue weighted by atomic mass is 35.5. The van der Waals surface area contributed by atoms with Crippen molar-refractivity contribution >= 4 is 17.5 Å². The summed E-state index contributed by atoms with van der Waals surface area (Å²) >= 11 is 6.15. The second-order valence-corrected chi connectivity index (χ2v) is 6.27. The lowest BCUT2D eigenvalue weighted by atomic mass is 10.0. The fraction of sp³-hybridized carbons (Fsp3) is 0.562. The van der Waals surface area contributed by atoms with Gasteiger partial charge >= 0.3 is 0 Å². The van der Waals surface area contributed by atoms with Crippen molar-refractivity contribution in [3.8, 4) is 0 Å². The predicted octanol–water partition coefficient (Wildman–Crippen LogP) is 2.97. The molecule has 1 aromatic carbocycles. The summed E-state index contributed by atoms with van der Waals surface area (Å²) in [6.07, 6.45) is 1.11. The zero-order chi connectivity index (χ0) is 14.7. The lowest BCUT2D eigenvalue weighted by Crippen LogP contribution is -2.30. The summed E-state index contributed by atoms with van der Waals surface area (Å²) in [4.78, 5) is 12.0. The van der Waals surface area contributed by atoms with Crippen LogP contribution in [0.5, 0.6) is 0 Å². The van der Waals surface area contributed by atoms with E-state index in [0.29, 0.717) is 13.0 Å². The molecule has 1 saturated carbocycles. The number of hydrogen-bond acceptors (Lipinski definition) is 2. The van der Waals surface area contributed by atoms with Gasteiger partial charge < -0.3 is 10.4 Å². The van der Waals surface area contributed by atoms with E-state index in [9.17, 15) is 9.90 Å². The van der Waals surface area contributed by atoms with Gasteiger partial charge in [0.15, 0.2) is 0 Å². The van der Waals surface area contributed by atoms with Crippen LogP contribution in [0.15, 0.2) is 24.3 Å². The largest absolute Gasteiger partial charge is 0.393 e. The Hall–Kier alpha value is -1.06. The van der Waals surface area contributed by atoms with Gasteiger partial charge in [0, 0.05) is 17.5 Å². The average Bonchev–Trinajstić information content (AvgIpc) is 3.19. The van der Waals surface area contributed by atoms with E-state index < -0.39 is 0 Å². The molecule has 0 radical (unpaired) electrons. The Labute approximate surface area is 125 Å². The Morgan fingerprint density at radius 2 is 2.15 bits per heavy atom. The highest BCUT2D eigenvalue weighted by molar-refractivity contribution is 6.31. The van der Waals surface area contributed by atoms with Crippen molar-refractivity contribution in [1.82, 2.24) is 5.32 Å². The van der Waals surface area contributed by atoms with Crippen LogP contribution in [0.2, 0.25) is 5.02 Å². The maximum atomic E-state index is 12.0. The smallest absolute Gasteiger partial charge is 0.223 e. The molecule has 1 fully saturated rings. The van der Waals surface area contributed by atoms with Crippen molar-refractivity contribution in [2.75, 3.05) is 6.54 Å². The van der Waals surface area contributed by atoms with Crippen LogP contribution in [-0.4, -0.2) is 23.7 Å². The maximum absolute atomic E-state index is 12.0. The lowest BCUT2D eigenvalue weighted by Gasteiger charge is -2.14. The minimum Gasteiger partial charge on any atom is -0.393 e. The molecule has 0 bridgehead atoms. The number of carbonyl (C=O) groups excluding carboxylic acids is 1. The average molecular weight is 296 g/mol. The standard InChI is InChI=1S/C16H22ClNO2/c1-10(2)15(19)7-8-18-16(20)13-9-12(13)11-5-3-4-6-14(11)17/h3-6,10,12-13,15,19H,7-9H2,1-2H3,(H,18,20). The van der Waals surface area contributed by atoms with Crippen molar-refractivity contribution in [3.05, 3.63) is 34.9 Å². The SMILES string of the molecule is CC(C)C(O)CCNC(=O)C1CC1c1ccccc1Cl. The zero-order valence-electron chi connectivity index (χ0n) is 12.0. The number of aliphatic hydroxyl groups excluding tert-OH is 1. The molecule has 110 valence electrons. The van der Waals surface area contributed by atoms with Gasteiger partial charge in [-0.3, -0.25) is 4.79 Å². The summed E-state index contributed by atoms with van der Waals surface area (Å²) in [5.41, 5.74) is 1.07. The third kappa shape index (κ3) is 3.74. The number of aliphatic hydroxyl groups is 1. The van der Waals surface area contributed by atoms with Crippen LogP contribution in [0.25, 0.3) is 0 Å². The normalized spacial score (nSPS) is 22.6. The van der Waals surface area contributed by atoms with E-state index in [0.717, 1.165) is 17.0 Å². The topological polar surface area (TPSA) is 49.3 Å². The number of nitrogens with one attached hydrogen (secondary N) is 1. The van der Waals surface area contributed by atoms with Gasteiger partial charge in [-0.05, 0) is 36.3 Å². The monoisotopic (exact) mass is 295 g/mol. The van der Waals surface area contributed by atoms with Gasteiger partial charge in [-0.2, -0.15) is 0 Å². The van der Waals surface area contributed by atoms with Crippen LogP contribution in [-0.2, 0) is 4.79 Å². The molecule has 4 heteroatoms. The van der Waals surface area contributed by atoms with E-state index in [-0.39, 0.29) is 29.8 Å². The molecule has 3 unspecified atom stereocenters. The Bertz CT molecular complexity index is 475. The first-order valence-electron chi connectivity index (χ1n) is 7.21. The molecule has 20 heavy (non-hydrogen) atoms. The van der Waals surface area contributed by atoms with E-state index in [2.05, 4.69) is 5.32 Å². The van der Waals surface area contributed by atoms with E-state index in [1.165, 1.54) is 0 Å². The first kappa shape index (κ1) is 15.3. The Morgan fingerprint density at radius 1 is 1.45 bits per heavy atom. The molecule has 0 aliphatic heterocycles. The van der Waals surface area contributed by atoms with Crippen molar-refractivity contribution < 1.29 is 9.90 Å². The molecule has 1 aliphatic carbocycles. The Morgan fingerprint density at radius 3 is 2.80 bits per heavy atom. The fourth-order valence-electron chi connectivity index (χ4n) is 2.41. The molecule has 0 heterocycles. The van der Waals surface area contributed by atoms with E-state index >= 15 is 0 Å². The van der Waals surface area contributed by atoms with E-state index in [1.54, 1.807) is 0 Å². The third-order valence-corrected chi connectivity index (χ3v) is 4.28. The third-order valence-electron chi connectivity index (χ3n) is 3.94. The van der Waals surface area contributed by atoms with Crippen molar-refractivity contribution in [2.45, 2.75) is 38.7 Å². The highest BCUT2D eigenvalue weighted by Crippen LogP contribution is 2.49. The van der Waals surface area contributed by atoms with Crippen molar-refractivity contribution in [1.29, 1.82) is 0 Å². The molecule has 0 saturated heterocycles. The summed E-state index contributed by atoms with van der Waals surface area (Å²) < 4.78 is 0. The van der Waals surface area contributed by atoms with Gasteiger partial charge in [0.05, 0.1) is 6.10 Å². The number of amides is 1. The molecule has 1 amide bonds. The molecular weight excluding hydrogens is 274 g/mol. The van der Waals surface area contributed by atoms with Crippen LogP contribution in [0.3, 0.4) is 0 Å². The first-order chi connectivity index (χ1) is 9.50. The highest BCUT2D eigenvalue weighted by Gasteiger charge is 2.44. The van der Waals surface area contributed by atoms with Crippen LogP contribution in [0.4, 0.5) is 0 Å². The van der Waals surface area contributed by atoms with E-state index in [1.807, 2.05) is 38.1 Å². The second kappa shape index (κ2) is 6.59. The number of halogens is 1. The summed E-state index contributed by atoms with van der Waals surface area (Å²) in [5, 5.41) is 13.3. The predicted molar refractivity (Wildman–Crippen MR) is 80.8 cm³/mol. The fourth-order valence-corrected chi connectivity index (χ4v) is 2.69. The molecule has 0 spiro atoms. The molecule has 1 aromatic rings. The van der Waals surface area contributed by atoms with Gasteiger partial charge in [0.25, 0.3) is 0 Å². The molecule has 1 aliphatic rings. The molecular formula is C16H22ClNO2. The lowest BCUT2D eigenvalue weighted by molar-refractivity contribution is -0.122. The van der Waals surface area contributed by atoms with Gasteiger partial charge in [-0.15, -0.1) is 0 Å². The van der Waals surface area contributed by atoms with Crippen LogP contribution < -0.4 is 5.32 Å². The maximum Gasteiger partial charge on any atom is 0.223 e. The molecule has 3 nitrogen and oxygen atoms in total. The number of benzene rings is 1. The molecule has 3 atom stereocenters. The van der Waals surface area contributed by atoms with Gasteiger partial charge in [0.1, 0.15) is 0 Å². The molecule has 2 N–H and O–H groups in total. The summed E-state index contributed by atoms with van der Waals surface area (Å²) in [5.74, 6) is 0.583. The number of hydrogen-bond donors (Lipinski definition) is 2. The zero-order valence-corrected chi connectivity index (χ0v) is 12.7. The minimum absolute atomic E-state index is 0.0334.